The van der Waals surface area contributed by atoms with E-state index in [1.165, 1.54) is 0 Å². The number of hydrogen-bond acceptors (Lipinski definition) is 7. The van der Waals surface area contributed by atoms with E-state index in [4.69, 9.17) is 10.2 Å². The molecule has 3 N–H and O–H groups in total. The van der Waals surface area contributed by atoms with Crippen LogP contribution >= 0.6 is 0 Å². The Morgan fingerprint density at radius 3 is 2.24 bits per heavy atom. The van der Waals surface area contributed by atoms with Crippen LogP contribution in [0, 0.1) is 0 Å². The second-order valence-corrected chi connectivity index (χ2v) is 3.73. The maximum Gasteiger partial charge on any atom is 1.00 e. The molecule has 0 bridgehead atoms. The van der Waals surface area contributed by atoms with Gasteiger partial charge in [-0.3, -0.25) is 13.8 Å². The quantitative estimate of drug-likeness (QED) is 0.171. The molecule has 1 atom stereocenters. The maximum atomic E-state index is 10.5. The van der Waals surface area contributed by atoms with Gasteiger partial charge in [0.05, 0.1) is 13.0 Å². The summed E-state index contributed by atoms with van der Waals surface area (Å²) in [5.74, 6) is -2.72. The van der Waals surface area contributed by atoms with Gasteiger partial charge in [-0.2, -0.15) is 0 Å². The molecule has 0 rings (SSSR count). The van der Waals surface area contributed by atoms with Crippen LogP contribution in [0.15, 0.2) is 0 Å². The summed E-state index contributed by atoms with van der Waals surface area (Å²) in [5.41, 5.74) is 0. The van der Waals surface area contributed by atoms with E-state index >= 15 is 0 Å². The molecule has 0 saturated heterocycles. The van der Waals surface area contributed by atoms with Crippen molar-refractivity contribution in [1.29, 1.82) is 0 Å². The Bertz CT molecular complexity index is 355. The Hall–Kier alpha value is -0.230. The Morgan fingerprint density at radius 2 is 1.88 bits per heavy atom. The Kier molecular flexibility index (Phi) is 9.90. The van der Waals surface area contributed by atoms with Crippen LogP contribution < -0.4 is 34.9 Å². The summed E-state index contributed by atoms with van der Waals surface area (Å²) >= 11 is 0. The zero-order valence-electron chi connectivity index (χ0n) is 8.95. The molecule has 0 aromatic carbocycles. The zero-order chi connectivity index (χ0) is 12.8. The molecule has 0 unspecified atom stereocenters. The standard InChI is InChI=1S/C6H11NO8S.Na/c8-5(9)3-4(6(10)11)7-1-2-15-16(12,13)14;/h4,7H,1-3H2,(H,8,9)(H,10,11)(H,12,13,14);/q;+1/p-1/t4-;/m0./s1. The number of carbonyl (C=O) groups is 2. The van der Waals surface area contributed by atoms with Gasteiger partial charge in [0.2, 0.25) is 10.4 Å². The van der Waals surface area contributed by atoms with Crippen molar-refractivity contribution >= 4 is 22.3 Å². The minimum atomic E-state index is -4.82. The first-order valence-electron chi connectivity index (χ1n) is 4.00. The van der Waals surface area contributed by atoms with Crippen molar-refractivity contribution in [2.45, 2.75) is 12.5 Å². The van der Waals surface area contributed by atoms with Crippen LogP contribution in [0.4, 0.5) is 0 Å². The molecule has 0 aliphatic carbocycles. The van der Waals surface area contributed by atoms with E-state index in [9.17, 15) is 22.6 Å². The molecule has 0 amide bonds. The van der Waals surface area contributed by atoms with Gasteiger partial charge in [0.25, 0.3) is 0 Å². The number of aliphatic carboxylic acids is 2. The topological polar surface area (TPSA) is 153 Å². The van der Waals surface area contributed by atoms with Crippen molar-refractivity contribution < 1.29 is 66.5 Å². The first-order chi connectivity index (χ1) is 7.22. The van der Waals surface area contributed by atoms with Gasteiger partial charge in [0, 0.05) is 6.54 Å². The molecule has 0 fully saturated rings. The van der Waals surface area contributed by atoms with E-state index in [-0.39, 0.29) is 36.1 Å². The number of rotatable bonds is 8. The summed E-state index contributed by atoms with van der Waals surface area (Å²) in [6, 6.07) is -1.37. The summed E-state index contributed by atoms with van der Waals surface area (Å²) in [4.78, 5) is 20.7. The number of hydrogen-bond donors (Lipinski definition) is 3. The van der Waals surface area contributed by atoms with Crippen LogP contribution in [0.25, 0.3) is 0 Å². The van der Waals surface area contributed by atoms with Crippen LogP contribution in [0.5, 0.6) is 0 Å². The maximum absolute atomic E-state index is 10.5. The monoisotopic (exact) mass is 279 g/mol. The Labute approximate surface area is 119 Å². The summed E-state index contributed by atoms with van der Waals surface area (Å²) in [5, 5.41) is 19.1. The molecular formula is C6H10NNaO8S. The molecule has 0 aromatic heterocycles. The normalized spacial score (nSPS) is 12.5. The summed E-state index contributed by atoms with van der Waals surface area (Å²) in [6.07, 6.45) is -0.667. The first kappa shape index (κ1) is 19.1. The van der Waals surface area contributed by atoms with Crippen molar-refractivity contribution in [2.24, 2.45) is 0 Å². The molecule has 17 heavy (non-hydrogen) atoms. The van der Waals surface area contributed by atoms with Crippen molar-refractivity contribution in [3.05, 3.63) is 0 Å². The largest absolute Gasteiger partial charge is 1.00 e. The van der Waals surface area contributed by atoms with Crippen molar-refractivity contribution in [3.8, 4) is 0 Å². The van der Waals surface area contributed by atoms with E-state index < -0.39 is 41.4 Å². The molecule has 94 valence electrons. The van der Waals surface area contributed by atoms with Gasteiger partial charge in [-0.1, -0.05) is 0 Å². The second-order valence-electron chi connectivity index (χ2n) is 2.67. The molecule has 9 nitrogen and oxygen atoms in total. The van der Waals surface area contributed by atoms with Crippen LogP contribution in [-0.2, 0) is 24.2 Å². The fraction of sp³-hybridized carbons (Fsp3) is 0.667. The van der Waals surface area contributed by atoms with Gasteiger partial charge < -0.3 is 20.1 Å². The van der Waals surface area contributed by atoms with Crippen molar-refractivity contribution in [3.63, 3.8) is 0 Å². The van der Waals surface area contributed by atoms with E-state index in [1.54, 1.807) is 0 Å². The molecule has 0 radical (unpaired) electrons. The number of nitrogens with one attached hydrogen (secondary N) is 1. The van der Waals surface area contributed by atoms with Crippen LogP contribution in [-0.4, -0.2) is 54.3 Å². The molecule has 0 saturated carbocycles. The number of carboxylic acid groups (broad SMARTS) is 2. The van der Waals surface area contributed by atoms with Gasteiger partial charge in [-0.15, -0.1) is 0 Å². The fourth-order valence-corrected chi connectivity index (χ4v) is 1.09. The first-order valence-corrected chi connectivity index (χ1v) is 5.34. The predicted octanol–water partition coefficient (Wildman–Crippen LogP) is -5.02. The van der Waals surface area contributed by atoms with Crippen molar-refractivity contribution in [1.82, 2.24) is 5.32 Å². The summed E-state index contributed by atoms with van der Waals surface area (Å²) in [6.45, 7) is -0.832. The second kappa shape index (κ2) is 8.80. The molecule has 0 spiro atoms. The zero-order valence-corrected chi connectivity index (χ0v) is 11.8. The van der Waals surface area contributed by atoms with E-state index in [1.807, 2.05) is 0 Å². The van der Waals surface area contributed by atoms with Crippen LogP contribution in [0.2, 0.25) is 0 Å². The summed E-state index contributed by atoms with van der Waals surface area (Å²) in [7, 11) is -4.82. The predicted molar refractivity (Wildman–Crippen MR) is 47.3 cm³/mol. The minimum absolute atomic E-state index is 0. The van der Waals surface area contributed by atoms with Crippen LogP contribution in [0.3, 0.4) is 0 Å². The average molecular weight is 279 g/mol. The van der Waals surface area contributed by atoms with Crippen molar-refractivity contribution in [2.75, 3.05) is 13.2 Å². The Morgan fingerprint density at radius 1 is 1.35 bits per heavy atom. The smallest absolute Gasteiger partial charge is 0.726 e. The SMILES string of the molecule is O=C(O)C[C@H](NCCOS(=O)(=O)[O-])C(=O)O.[Na+]. The van der Waals surface area contributed by atoms with E-state index in [0.717, 1.165) is 0 Å². The molecule has 0 aliphatic heterocycles. The molecular weight excluding hydrogens is 269 g/mol. The average Bonchev–Trinajstić information content (AvgIpc) is 2.07. The summed E-state index contributed by atoms with van der Waals surface area (Å²) < 4.78 is 33.7. The third-order valence-electron chi connectivity index (χ3n) is 1.40. The Balaban J connectivity index is 0. The van der Waals surface area contributed by atoms with Gasteiger partial charge in [0.1, 0.15) is 6.04 Å². The van der Waals surface area contributed by atoms with Gasteiger partial charge >= 0.3 is 41.5 Å². The molecule has 0 aromatic rings. The van der Waals surface area contributed by atoms with E-state index in [0.29, 0.717) is 0 Å². The van der Waals surface area contributed by atoms with Gasteiger partial charge in [-0.05, 0) is 0 Å². The molecule has 0 heterocycles. The molecule has 0 aliphatic rings. The minimum Gasteiger partial charge on any atom is -0.726 e. The van der Waals surface area contributed by atoms with Crippen LogP contribution in [0.1, 0.15) is 6.42 Å². The molecule has 11 heteroatoms. The van der Waals surface area contributed by atoms with Gasteiger partial charge in [-0.25, -0.2) is 8.42 Å². The third-order valence-corrected chi connectivity index (χ3v) is 1.85. The number of carboxylic acids is 2. The third kappa shape index (κ3) is 12.0. The fourth-order valence-electron chi connectivity index (χ4n) is 0.798. The van der Waals surface area contributed by atoms with Gasteiger partial charge in [0.15, 0.2) is 0 Å². The van der Waals surface area contributed by atoms with E-state index in [2.05, 4.69) is 9.50 Å².